The maximum absolute atomic E-state index is 12.4. The minimum absolute atomic E-state index is 0.272. The summed E-state index contributed by atoms with van der Waals surface area (Å²) in [7, 11) is 0. The molecule has 2 aromatic rings. The van der Waals surface area contributed by atoms with E-state index in [0.29, 0.717) is 12.5 Å². The summed E-state index contributed by atoms with van der Waals surface area (Å²) in [6.45, 7) is 0.909. The van der Waals surface area contributed by atoms with Crippen molar-refractivity contribution in [3.8, 4) is 0 Å². The van der Waals surface area contributed by atoms with Gasteiger partial charge < -0.3 is 4.90 Å². The summed E-state index contributed by atoms with van der Waals surface area (Å²) in [5, 5.41) is 4.12. The molecule has 4 heteroatoms. The largest absolute Gasteiger partial charge is 0.335 e. The van der Waals surface area contributed by atoms with Gasteiger partial charge in [0.15, 0.2) is 0 Å². The molecule has 0 radical (unpaired) electrons. The fourth-order valence-corrected chi connectivity index (χ4v) is 4.08. The van der Waals surface area contributed by atoms with E-state index >= 15 is 0 Å². The molecule has 1 fully saturated rings. The third-order valence-corrected chi connectivity index (χ3v) is 5.20. The van der Waals surface area contributed by atoms with Crippen molar-refractivity contribution in [2.75, 3.05) is 6.54 Å². The lowest BCUT2D eigenvalue weighted by molar-refractivity contribution is -0.131. The average molecular weight is 277 g/mol. The van der Waals surface area contributed by atoms with Gasteiger partial charge in [-0.2, -0.15) is 0 Å². The van der Waals surface area contributed by atoms with Crippen molar-refractivity contribution in [1.82, 2.24) is 4.90 Å². The van der Waals surface area contributed by atoms with Crippen molar-refractivity contribution in [2.45, 2.75) is 25.3 Å². The predicted octanol–water partition coefficient (Wildman–Crippen LogP) is 3.72. The van der Waals surface area contributed by atoms with Crippen molar-refractivity contribution in [1.29, 1.82) is 0 Å². The molecule has 1 saturated heterocycles. The van der Waals surface area contributed by atoms with E-state index in [1.165, 1.54) is 4.88 Å². The molecule has 2 aromatic heterocycles. The molecule has 1 aliphatic heterocycles. The van der Waals surface area contributed by atoms with Gasteiger partial charge >= 0.3 is 0 Å². The number of nitrogens with zero attached hydrogens (tertiary/aromatic N) is 1. The summed E-state index contributed by atoms with van der Waals surface area (Å²) in [6, 6.07) is 8.58. The SMILES string of the molecule is O=C(Cc1cccs1)N1CCCC1c1cccs1. The Hall–Kier alpha value is -1.13. The van der Waals surface area contributed by atoms with Gasteiger partial charge in [0.1, 0.15) is 0 Å². The summed E-state index contributed by atoms with van der Waals surface area (Å²) in [5.74, 6) is 0.272. The maximum atomic E-state index is 12.4. The molecule has 3 heterocycles. The molecule has 94 valence electrons. The van der Waals surface area contributed by atoms with Crippen LogP contribution in [-0.4, -0.2) is 17.4 Å². The van der Waals surface area contributed by atoms with Gasteiger partial charge in [-0.05, 0) is 35.7 Å². The first kappa shape index (κ1) is 11.9. The van der Waals surface area contributed by atoms with E-state index in [0.717, 1.165) is 24.3 Å². The molecular weight excluding hydrogens is 262 g/mol. The molecule has 1 atom stereocenters. The molecule has 2 nitrogen and oxygen atoms in total. The molecule has 0 N–H and O–H groups in total. The Balaban J connectivity index is 1.73. The zero-order chi connectivity index (χ0) is 12.4. The third kappa shape index (κ3) is 2.35. The van der Waals surface area contributed by atoms with Crippen LogP contribution in [0.5, 0.6) is 0 Å². The van der Waals surface area contributed by atoms with E-state index in [-0.39, 0.29) is 5.91 Å². The van der Waals surface area contributed by atoms with Crippen molar-refractivity contribution in [2.24, 2.45) is 0 Å². The van der Waals surface area contributed by atoms with Crippen LogP contribution >= 0.6 is 22.7 Å². The molecule has 0 aromatic carbocycles. The van der Waals surface area contributed by atoms with Crippen LogP contribution in [0.25, 0.3) is 0 Å². The second kappa shape index (κ2) is 5.24. The lowest BCUT2D eigenvalue weighted by Crippen LogP contribution is -2.31. The van der Waals surface area contributed by atoms with Gasteiger partial charge in [0.2, 0.25) is 5.91 Å². The quantitative estimate of drug-likeness (QED) is 0.837. The number of carbonyl (C=O) groups excluding carboxylic acids is 1. The van der Waals surface area contributed by atoms with Crippen molar-refractivity contribution in [3.63, 3.8) is 0 Å². The molecule has 3 rings (SSSR count). The molecule has 1 amide bonds. The van der Waals surface area contributed by atoms with Crippen LogP contribution in [0.15, 0.2) is 35.0 Å². The smallest absolute Gasteiger partial charge is 0.228 e. The Kier molecular flexibility index (Phi) is 3.48. The Morgan fingerprint density at radius 2 is 2.11 bits per heavy atom. The fourth-order valence-electron chi connectivity index (χ4n) is 2.51. The zero-order valence-corrected chi connectivity index (χ0v) is 11.7. The minimum atomic E-state index is 0.272. The highest BCUT2D eigenvalue weighted by molar-refractivity contribution is 7.10. The second-order valence-corrected chi connectivity index (χ2v) is 6.53. The van der Waals surface area contributed by atoms with E-state index in [1.807, 2.05) is 17.5 Å². The molecule has 1 unspecified atom stereocenters. The third-order valence-electron chi connectivity index (χ3n) is 3.35. The van der Waals surface area contributed by atoms with E-state index in [9.17, 15) is 4.79 Å². The van der Waals surface area contributed by atoms with Crippen LogP contribution in [0.3, 0.4) is 0 Å². The monoisotopic (exact) mass is 277 g/mol. The Morgan fingerprint density at radius 1 is 1.28 bits per heavy atom. The van der Waals surface area contributed by atoms with Crippen LogP contribution in [0.2, 0.25) is 0 Å². The number of rotatable bonds is 3. The van der Waals surface area contributed by atoms with Crippen LogP contribution in [0.1, 0.15) is 28.6 Å². The highest BCUT2D eigenvalue weighted by Crippen LogP contribution is 2.34. The van der Waals surface area contributed by atoms with Crippen LogP contribution in [-0.2, 0) is 11.2 Å². The molecule has 0 spiro atoms. The maximum Gasteiger partial charge on any atom is 0.228 e. The van der Waals surface area contributed by atoms with Gasteiger partial charge in [0.05, 0.1) is 12.5 Å². The predicted molar refractivity (Wildman–Crippen MR) is 76.0 cm³/mol. The van der Waals surface area contributed by atoms with Gasteiger partial charge in [-0.3, -0.25) is 4.79 Å². The topological polar surface area (TPSA) is 20.3 Å². The summed E-state index contributed by atoms with van der Waals surface area (Å²) < 4.78 is 0. The number of thiophene rings is 2. The first-order valence-electron chi connectivity index (χ1n) is 6.20. The Bertz CT molecular complexity index is 504. The number of hydrogen-bond donors (Lipinski definition) is 0. The van der Waals surface area contributed by atoms with E-state index in [4.69, 9.17) is 0 Å². The minimum Gasteiger partial charge on any atom is -0.335 e. The molecule has 18 heavy (non-hydrogen) atoms. The van der Waals surface area contributed by atoms with E-state index < -0.39 is 0 Å². The molecule has 0 saturated carbocycles. The standard InChI is InChI=1S/C14H15NOS2/c16-14(10-11-4-2-8-17-11)15-7-1-5-12(15)13-6-3-9-18-13/h2-4,6,8-9,12H,1,5,7,10H2. The second-order valence-electron chi connectivity index (χ2n) is 4.52. The van der Waals surface area contributed by atoms with Crippen LogP contribution in [0.4, 0.5) is 0 Å². The lowest BCUT2D eigenvalue weighted by Gasteiger charge is -2.23. The summed E-state index contributed by atoms with van der Waals surface area (Å²) >= 11 is 3.42. The van der Waals surface area contributed by atoms with Crippen molar-refractivity contribution in [3.05, 3.63) is 44.8 Å². The van der Waals surface area contributed by atoms with E-state index in [2.05, 4.69) is 22.4 Å². The van der Waals surface area contributed by atoms with Crippen LogP contribution < -0.4 is 0 Å². The lowest BCUT2D eigenvalue weighted by atomic mass is 10.2. The highest BCUT2D eigenvalue weighted by Gasteiger charge is 2.30. The Labute approximate surface area is 115 Å². The highest BCUT2D eigenvalue weighted by atomic mass is 32.1. The molecule has 1 aliphatic rings. The molecule has 0 aliphatic carbocycles. The number of carbonyl (C=O) groups is 1. The van der Waals surface area contributed by atoms with Crippen LogP contribution in [0, 0.1) is 0 Å². The number of amides is 1. The number of likely N-dealkylation sites (tertiary alicyclic amines) is 1. The fraction of sp³-hybridized carbons (Fsp3) is 0.357. The summed E-state index contributed by atoms with van der Waals surface area (Å²) in [5.41, 5.74) is 0. The Morgan fingerprint density at radius 3 is 2.83 bits per heavy atom. The average Bonchev–Trinajstić information content (AvgIpc) is 3.11. The van der Waals surface area contributed by atoms with Gasteiger partial charge in [-0.15, -0.1) is 22.7 Å². The summed E-state index contributed by atoms with van der Waals surface area (Å²) in [4.78, 5) is 16.9. The first-order valence-corrected chi connectivity index (χ1v) is 7.96. The van der Waals surface area contributed by atoms with Gasteiger partial charge in [0.25, 0.3) is 0 Å². The van der Waals surface area contributed by atoms with E-state index in [1.54, 1.807) is 22.7 Å². The van der Waals surface area contributed by atoms with Gasteiger partial charge in [-0.1, -0.05) is 12.1 Å². The molecular formula is C14H15NOS2. The first-order chi connectivity index (χ1) is 8.84. The van der Waals surface area contributed by atoms with Crippen molar-refractivity contribution < 1.29 is 4.79 Å². The van der Waals surface area contributed by atoms with Gasteiger partial charge in [-0.25, -0.2) is 0 Å². The van der Waals surface area contributed by atoms with Crippen molar-refractivity contribution >= 4 is 28.6 Å². The summed E-state index contributed by atoms with van der Waals surface area (Å²) in [6.07, 6.45) is 2.79. The normalized spacial score (nSPS) is 19.3. The zero-order valence-electron chi connectivity index (χ0n) is 10.0. The molecule has 0 bridgehead atoms. The number of hydrogen-bond acceptors (Lipinski definition) is 3. The van der Waals surface area contributed by atoms with Gasteiger partial charge in [0, 0.05) is 16.3 Å².